The molecule has 3 aliphatic heterocycles. The zero-order valence-electron chi connectivity index (χ0n) is 22.9. The largest absolute Gasteiger partial charge is 0.376 e. The Labute approximate surface area is 245 Å². The van der Waals surface area contributed by atoms with Crippen molar-refractivity contribution in [3.63, 3.8) is 0 Å². The number of anilines is 3. The number of rotatable bonds is 3. The molecule has 1 spiro atoms. The van der Waals surface area contributed by atoms with E-state index in [9.17, 15) is 0 Å². The molecule has 0 amide bonds. The van der Waals surface area contributed by atoms with Crippen LogP contribution in [-0.2, 0) is 11.8 Å². The maximum Gasteiger partial charge on any atom is 0.183 e. The summed E-state index contributed by atoms with van der Waals surface area (Å²) >= 11 is 0. The Bertz CT molecular complexity index is 1500. The third kappa shape index (κ3) is 4.58. The number of pyridine rings is 1. The Morgan fingerprint density at radius 3 is 2.58 bits per heavy atom. The summed E-state index contributed by atoms with van der Waals surface area (Å²) in [4.78, 5) is 19.3. The van der Waals surface area contributed by atoms with E-state index in [0.29, 0.717) is 11.6 Å². The van der Waals surface area contributed by atoms with Crippen LogP contribution in [0.1, 0.15) is 44.7 Å². The number of nitrogens with two attached hydrogens (primary N) is 1. The first-order valence-electron chi connectivity index (χ1n) is 13.5. The Kier molecular flexibility index (Phi) is 7.68. The van der Waals surface area contributed by atoms with Gasteiger partial charge >= 0.3 is 0 Å². The van der Waals surface area contributed by atoms with Crippen molar-refractivity contribution in [3.05, 3.63) is 36.4 Å². The second kappa shape index (κ2) is 10.8. The highest BCUT2D eigenvalue weighted by molar-refractivity contribution is 5.88. The fourth-order valence-corrected chi connectivity index (χ4v) is 6.35. The summed E-state index contributed by atoms with van der Waals surface area (Å²) in [5, 5.41) is 12.1. The molecule has 3 atom stereocenters. The van der Waals surface area contributed by atoms with E-state index in [1.807, 2.05) is 25.6 Å². The third-order valence-electron chi connectivity index (χ3n) is 8.87. The van der Waals surface area contributed by atoms with Crippen LogP contribution in [0.15, 0.2) is 30.7 Å². The average Bonchev–Trinajstić information content (AvgIpc) is 3.64. The summed E-state index contributed by atoms with van der Waals surface area (Å²) < 4.78 is 7.68. The molecule has 2 saturated heterocycles. The van der Waals surface area contributed by atoms with Crippen LogP contribution in [0.5, 0.6) is 0 Å². The monoisotopic (exact) mass is 586 g/mol. The maximum atomic E-state index is 6.50. The van der Waals surface area contributed by atoms with Gasteiger partial charge in [-0.05, 0) is 38.3 Å². The molecule has 0 bridgehead atoms. The van der Waals surface area contributed by atoms with Crippen LogP contribution < -0.4 is 15.5 Å². The van der Waals surface area contributed by atoms with E-state index >= 15 is 0 Å². The van der Waals surface area contributed by atoms with E-state index in [1.54, 1.807) is 4.68 Å². The van der Waals surface area contributed by atoms with Crippen LogP contribution in [0.4, 0.5) is 17.3 Å². The molecule has 2 fully saturated rings. The van der Waals surface area contributed by atoms with Gasteiger partial charge in [-0.2, -0.15) is 10.2 Å². The van der Waals surface area contributed by atoms with Crippen molar-refractivity contribution in [3.8, 4) is 11.3 Å². The first-order chi connectivity index (χ1) is 18.4. The molecule has 11 nitrogen and oxygen atoms in total. The molecule has 0 radical (unpaired) electrons. The van der Waals surface area contributed by atoms with Crippen molar-refractivity contribution in [1.29, 1.82) is 0 Å². The number of halogens is 2. The maximum absolute atomic E-state index is 6.50. The van der Waals surface area contributed by atoms with Crippen molar-refractivity contribution in [2.24, 2.45) is 18.2 Å². The van der Waals surface area contributed by atoms with E-state index in [0.717, 1.165) is 85.3 Å². The number of H-pyrrole nitrogens is 1. The van der Waals surface area contributed by atoms with Crippen molar-refractivity contribution in [2.75, 3.05) is 36.0 Å². The predicted octanol–water partition coefficient (Wildman–Crippen LogP) is 3.97. The number of piperidine rings is 1. The smallest absolute Gasteiger partial charge is 0.183 e. The van der Waals surface area contributed by atoms with Gasteiger partial charge in [0, 0.05) is 55.8 Å². The third-order valence-corrected chi connectivity index (χ3v) is 8.87. The lowest BCUT2D eigenvalue weighted by Crippen LogP contribution is -2.50. The van der Waals surface area contributed by atoms with Crippen LogP contribution in [0.25, 0.3) is 22.4 Å². The molecule has 4 aromatic heterocycles. The second-order valence-electron chi connectivity index (χ2n) is 11.2. The van der Waals surface area contributed by atoms with Gasteiger partial charge in [0.2, 0.25) is 0 Å². The highest BCUT2D eigenvalue weighted by atomic mass is 35.5. The summed E-state index contributed by atoms with van der Waals surface area (Å²) in [6, 6.07) is 4.30. The highest BCUT2D eigenvalue weighted by Gasteiger charge is 2.47. The lowest BCUT2D eigenvalue weighted by atomic mass is 9.73. The van der Waals surface area contributed by atoms with Crippen LogP contribution in [0.2, 0.25) is 0 Å². The van der Waals surface area contributed by atoms with Gasteiger partial charge < -0.3 is 20.3 Å². The first kappa shape index (κ1) is 28.5. The fraction of sp³-hybridized carbons (Fsp3) is 0.519. The number of fused-ring (bicyclic) bond motifs is 2. The summed E-state index contributed by atoms with van der Waals surface area (Å²) in [6.07, 6.45) is 8.84. The van der Waals surface area contributed by atoms with E-state index in [1.165, 1.54) is 0 Å². The van der Waals surface area contributed by atoms with Crippen molar-refractivity contribution >= 4 is 53.3 Å². The molecule has 7 heterocycles. The zero-order chi connectivity index (χ0) is 26.0. The Hall–Kier alpha value is -2.99. The predicted molar refractivity (Wildman–Crippen MR) is 160 cm³/mol. The van der Waals surface area contributed by atoms with Gasteiger partial charge in [-0.3, -0.25) is 14.8 Å². The van der Waals surface area contributed by atoms with Gasteiger partial charge in [0.25, 0.3) is 0 Å². The van der Waals surface area contributed by atoms with Crippen LogP contribution in [0, 0.1) is 5.41 Å². The number of nitrogens with zero attached hydrogens (tertiary/aromatic N) is 8. The van der Waals surface area contributed by atoms with Gasteiger partial charge in [0.05, 0.1) is 42.2 Å². The molecule has 0 saturated carbocycles. The van der Waals surface area contributed by atoms with E-state index < -0.39 is 0 Å². The average molecular weight is 588 g/mol. The standard InChI is InChI=1S/C27H34N10O.2ClH/c1-16-6-9-37(20-5-4-19(31-22(16)20)18-12-30-35(3)14-18)26-23-25(33-34-26)32-21(13-29-23)36-10-7-27(8-11-36)15-38-17(2)24(27)28;;/h4-5,12-14,16-17,24H,6-11,15,28H2,1-3H3,(H,32,33,34);2*1H/t16-,17-,24+;;/m0../s1. The van der Waals surface area contributed by atoms with Crippen LogP contribution in [0.3, 0.4) is 0 Å². The van der Waals surface area contributed by atoms with Crippen molar-refractivity contribution in [2.45, 2.75) is 51.2 Å². The van der Waals surface area contributed by atoms with Gasteiger partial charge in [-0.25, -0.2) is 9.97 Å². The molecular weight excluding hydrogens is 551 g/mol. The molecule has 40 heavy (non-hydrogen) atoms. The number of aryl methyl sites for hydroxylation is 1. The quantitative estimate of drug-likeness (QED) is 0.366. The number of nitrogens with one attached hydrogen (secondary N) is 1. The Balaban J connectivity index is 0.00000161. The molecule has 4 aromatic rings. The molecule has 13 heteroatoms. The molecule has 3 N–H and O–H groups in total. The number of aromatic nitrogens is 7. The minimum Gasteiger partial charge on any atom is -0.376 e. The number of ether oxygens (including phenoxy) is 1. The second-order valence-corrected chi connectivity index (χ2v) is 11.2. The minimum absolute atomic E-state index is 0. The lowest BCUT2D eigenvalue weighted by Gasteiger charge is -2.41. The van der Waals surface area contributed by atoms with E-state index in [-0.39, 0.29) is 42.4 Å². The van der Waals surface area contributed by atoms with Crippen LogP contribution >= 0.6 is 24.8 Å². The summed E-state index contributed by atoms with van der Waals surface area (Å²) in [5.74, 6) is 2.02. The van der Waals surface area contributed by atoms with E-state index in [4.69, 9.17) is 25.4 Å². The summed E-state index contributed by atoms with van der Waals surface area (Å²) in [5.41, 5.74) is 12.2. The molecule has 0 unspecified atom stereocenters. The van der Waals surface area contributed by atoms with Gasteiger partial charge in [-0.1, -0.05) is 6.92 Å². The zero-order valence-corrected chi connectivity index (χ0v) is 24.6. The number of aromatic amines is 1. The molecule has 0 aliphatic carbocycles. The van der Waals surface area contributed by atoms with Gasteiger partial charge in [-0.15, -0.1) is 24.8 Å². The highest BCUT2D eigenvalue weighted by Crippen LogP contribution is 2.43. The molecule has 0 aromatic carbocycles. The molecule has 214 valence electrons. The van der Waals surface area contributed by atoms with Crippen LogP contribution in [-0.4, -0.2) is 73.3 Å². The Morgan fingerprint density at radius 1 is 1.07 bits per heavy atom. The first-order valence-corrected chi connectivity index (χ1v) is 13.5. The summed E-state index contributed by atoms with van der Waals surface area (Å²) in [7, 11) is 1.92. The number of hydrogen-bond acceptors (Lipinski definition) is 9. The lowest BCUT2D eigenvalue weighted by molar-refractivity contribution is 0.0974. The van der Waals surface area contributed by atoms with Gasteiger partial charge in [0.1, 0.15) is 5.82 Å². The fourth-order valence-electron chi connectivity index (χ4n) is 6.35. The number of hydrogen-bond donors (Lipinski definition) is 2. The van der Waals surface area contributed by atoms with Crippen molar-refractivity contribution in [1.82, 2.24) is 34.9 Å². The normalized spacial score (nSPS) is 23.6. The summed E-state index contributed by atoms with van der Waals surface area (Å²) in [6.45, 7) is 7.71. The van der Waals surface area contributed by atoms with E-state index in [2.05, 4.69) is 51.1 Å². The Morgan fingerprint density at radius 2 is 1.88 bits per heavy atom. The molecule has 3 aliphatic rings. The molecular formula is C27H36Cl2N10O. The minimum atomic E-state index is 0. The van der Waals surface area contributed by atoms with Gasteiger partial charge in [0.15, 0.2) is 17.0 Å². The molecule has 7 rings (SSSR count). The topological polar surface area (TPSA) is 127 Å². The van der Waals surface area contributed by atoms with Crippen molar-refractivity contribution < 1.29 is 4.74 Å². The SMILES string of the molecule is C[C@@H]1OCC2(CCN(c3cnc4c(N5CC[C@H](C)c6nc(-c7cnn(C)c7)ccc65)n[nH]c4n3)CC2)[C@@H]1N.Cl.Cl.